The van der Waals surface area contributed by atoms with E-state index in [1.165, 1.54) is 30.0 Å². The molecule has 25 heavy (non-hydrogen) atoms. The smallest absolute Gasteiger partial charge is 0.358 e. The highest BCUT2D eigenvalue weighted by Gasteiger charge is 2.22. The number of aromatic nitrogens is 3. The van der Waals surface area contributed by atoms with Gasteiger partial charge in [-0.05, 0) is 18.2 Å². The number of hydrogen-bond donors (Lipinski definition) is 1. The molecule has 2 aromatic carbocycles. The van der Waals surface area contributed by atoms with E-state index in [-0.39, 0.29) is 17.1 Å². The number of carboxylic acid groups (broad SMARTS) is 1. The topological polar surface area (TPSA) is 120 Å². The fourth-order valence-electron chi connectivity index (χ4n) is 2.37. The predicted molar refractivity (Wildman–Crippen MR) is 87.0 cm³/mol. The number of nitro benzene ring substituents is 1. The Morgan fingerprint density at radius 1 is 1.24 bits per heavy atom. The fraction of sp³-hybridized carbons (Fsp3) is 0.0625. The van der Waals surface area contributed by atoms with Crippen LogP contribution in [0.15, 0.2) is 48.5 Å². The summed E-state index contributed by atoms with van der Waals surface area (Å²) in [5.74, 6) is -0.727. The first-order valence-electron chi connectivity index (χ1n) is 7.09. The van der Waals surface area contributed by atoms with E-state index in [0.29, 0.717) is 17.0 Å². The lowest BCUT2D eigenvalue weighted by Gasteiger charge is -2.08. The van der Waals surface area contributed by atoms with Crippen LogP contribution in [0.1, 0.15) is 10.5 Å². The number of nitro groups is 1. The Labute approximate surface area is 141 Å². The molecule has 126 valence electrons. The summed E-state index contributed by atoms with van der Waals surface area (Å²) in [7, 11) is 1.49. The van der Waals surface area contributed by atoms with Crippen LogP contribution < -0.4 is 4.74 Å². The molecule has 0 saturated heterocycles. The van der Waals surface area contributed by atoms with Crippen molar-refractivity contribution in [2.45, 2.75) is 0 Å². The number of benzene rings is 2. The van der Waals surface area contributed by atoms with Crippen molar-refractivity contribution in [1.82, 2.24) is 15.0 Å². The second kappa shape index (κ2) is 6.40. The lowest BCUT2D eigenvalue weighted by molar-refractivity contribution is -0.384. The molecule has 9 heteroatoms. The highest BCUT2D eigenvalue weighted by atomic mass is 16.6. The molecule has 0 amide bonds. The second-order valence-corrected chi connectivity index (χ2v) is 5.01. The van der Waals surface area contributed by atoms with E-state index >= 15 is 0 Å². The van der Waals surface area contributed by atoms with Crippen molar-refractivity contribution < 1.29 is 19.6 Å². The first-order chi connectivity index (χ1) is 12.0. The number of aromatic carboxylic acids is 1. The SMILES string of the molecule is COc1cccc(-c2c(C(=O)O)nnn2-c2cccc([N+](=O)[O-])c2)c1. The van der Waals surface area contributed by atoms with Gasteiger partial charge in [0.15, 0.2) is 5.69 Å². The van der Waals surface area contributed by atoms with E-state index in [1.54, 1.807) is 30.3 Å². The summed E-state index contributed by atoms with van der Waals surface area (Å²) in [5, 5.41) is 28.0. The molecule has 1 N–H and O–H groups in total. The highest BCUT2D eigenvalue weighted by molar-refractivity contribution is 5.93. The molecule has 0 aliphatic rings. The van der Waals surface area contributed by atoms with Crippen LogP contribution >= 0.6 is 0 Å². The van der Waals surface area contributed by atoms with Crippen LogP contribution in [-0.2, 0) is 0 Å². The van der Waals surface area contributed by atoms with Crippen molar-refractivity contribution >= 4 is 11.7 Å². The number of hydrogen-bond acceptors (Lipinski definition) is 6. The number of carboxylic acids is 1. The molecule has 0 saturated carbocycles. The summed E-state index contributed by atoms with van der Waals surface area (Å²) in [5.41, 5.74) is 0.633. The summed E-state index contributed by atoms with van der Waals surface area (Å²) in [6.45, 7) is 0. The van der Waals surface area contributed by atoms with Gasteiger partial charge in [0, 0.05) is 17.7 Å². The minimum Gasteiger partial charge on any atom is -0.497 e. The quantitative estimate of drug-likeness (QED) is 0.559. The number of methoxy groups -OCH3 is 1. The van der Waals surface area contributed by atoms with Crippen LogP contribution in [0.3, 0.4) is 0 Å². The number of carbonyl (C=O) groups is 1. The van der Waals surface area contributed by atoms with E-state index < -0.39 is 10.9 Å². The summed E-state index contributed by atoms with van der Waals surface area (Å²) in [4.78, 5) is 22.0. The third kappa shape index (κ3) is 3.02. The molecular formula is C16H12N4O5. The summed E-state index contributed by atoms with van der Waals surface area (Å²) >= 11 is 0. The maximum atomic E-state index is 11.5. The van der Waals surface area contributed by atoms with Crippen molar-refractivity contribution in [1.29, 1.82) is 0 Å². The van der Waals surface area contributed by atoms with Crippen molar-refractivity contribution in [2.24, 2.45) is 0 Å². The molecule has 0 atom stereocenters. The van der Waals surface area contributed by atoms with E-state index in [0.717, 1.165) is 0 Å². The van der Waals surface area contributed by atoms with Gasteiger partial charge in [-0.2, -0.15) is 0 Å². The van der Waals surface area contributed by atoms with Gasteiger partial charge in [-0.1, -0.05) is 23.4 Å². The third-order valence-corrected chi connectivity index (χ3v) is 3.50. The van der Waals surface area contributed by atoms with E-state index in [9.17, 15) is 20.0 Å². The van der Waals surface area contributed by atoms with Crippen molar-refractivity contribution in [3.05, 3.63) is 64.3 Å². The molecule has 1 aromatic heterocycles. The number of non-ortho nitro benzene ring substituents is 1. The van der Waals surface area contributed by atoms with Crippen LogP contribution in [0.5, 0.6) is 5.75 Å². The molecule has 3 aromatic rings. The standard InChI is InChI=1S/C16H12N4O5/c1-25-13-7-2-4-10(8-13)15-14(16(21)22)17-18-19(15)11-5-3-6-12(9-11)20(23)24/h2-9H,1H3,(H,21,22). The zero-order chi connectivity index (χ0) is 18.0. The van der Waals surface area contributed by atoms with Gasteiger partial charge in [0.25, 0.3) is 5.69 Å². The van der Waals surface area contributed by atoms with Crippen LogP contribution in [-0.4, -0.2) is 38.1 Å². The zero-order valence-electron chi connectivity index (χ0n) is 13.0. The summed E-state index contributed by atoms with van der Waals surface area (Å²) in [6, 6.07) is 12.4. The highest BCUT2D eigenvalue weighted by Crippen LogP contribution is 2.29. The zero-order valence-corrected chi connectivity index (χ0v) is 13.0. The maximum Gasteiger partial charge on any atom is 0.358 e. The molecule has 0 spiro atoms. The maximum absolute atomic E-state index is 11.5. The van der Waals surface area contributed by atoms with E-state index in [1.807, 2.05) is 0 Å². The minimum atomic E-state index is -1.26. The van der Waals surface area contributed by atoms with Gasteiger partial charge in [0.2, 0.25) is 0 Å². The van der Waals surface area contributed by atoms with Crippen molar-refractivity contribution in [2.75, 3.05) is 7.11 Å². The molecule has 9 nitrogen and oxygen atoms in total. The average molecular weight is 340 g/mol. The van der Waals surface area contributed by atoms with Crippen molar-refractivity contribution in [3.8, 4) is 22.7 Å². The molecule has 0 aliphatic heterocycles. The average Bonchev–Trinajstić information content (AvgIpc) is 3.07. The van der Waals surface area contributed by atoms with Crippen LogP contribution in [0.2, 0.25) is 0 Å². The molecule has 0 bridgehead atoms. The van der Waals surface area contributed by atoms with E-state index in [2.05, 4.69) is 10.3 Å². The van der Waals surface area contributed by atoms with Crippen LogP contribution in [0.25, 0.3) is 16.9 Å². The Morgan fingerprint density at radius 3 is 2.68 bits per heavy atom. The van der Waals surface area contributed by atoms with Crippen LogP contribution in [0.4, 0.5) is 5.69 Å². The summed E-state index contributed by atoms with van der Waals surface area (Å²) in [6.07, 6.45) is 0. The number of ether oxygens (including phenoxy) is 1. The monoisotopic (exact) mass is 340 g/mol. The number of rotatable bonds is 5. The second-order valence-electron chi connectivity index (χ2n) is 5.01. The molecular weight excluding hydrogens is 328 g/mol. The lowest BCUT2D eigenvalue weighted by Crippen LogP contribution is -2.04. The van der Waals surface area contributed by atoms with Crippen molar-refractivity contribution in [3.63, 3.8) is 0 Å². The molecule has 1 heterocycles. The third-order valence-electron chi connectivity index (χ3n) is 3.50. The van der Waals surface area contributed by atoms with Gasteiger partial charge >= 0.3 is 5.97 Å². The first kappa shape index (κ1) is 16.1. The summed E-state index contributed by atoms with van der Waals surface area (Å²) < 4.78 is 6.42. The molecule has 3 rings (SSSR count). The van der Waals surface area contributed by atoms with E-state index in [4.69, 9.17) is 4.74 Å². The Morgan fingerprint density at radius 2 is 2.00 bits per heavy atom. The Kier molecular flexibility index (Phi) is 4.12. The largest absolute Gasteiger partial charge is 0.497 e. The predicted octanol–water partition coefficient (Wildman–Crippen LogP) is 2.55. The molecule has 0 aliphatic carbocycles. The Balaban J connectivity index is 2.23. The molecule has 0 unspecified atom stereocenters. The van der Waals surface area contributed by atoms with Gasteiger partial charge in [0.05, 0.1) is 17.7 Å². The number of nitrogens with zero attached hydrogens (tertiary/aromatic N) is 4. The van der Waals surface area contributed by atoms with Gasteiger partial charge in [0.1, 0.15) is 11.4 Å². The lowest BCUT2D eigenvalue weighted by atomic mass is 10.1. The minimum absolute atomic E-state index is 0.138. The fourth-order valence-corrected chi connectivity index (χ4v) is 2.37. The first-order valence-corrected chi connectivity index (χ1v) is 7.09. The van der Waals surface area contributed by atoms with Gasteiger partial charge in [-0.15, -0.1) is 5.10 Å². The van der Waals surface area contributed by atoms with Crippen LogP contribution in [0, 0.1) is 10.1 Å². The normalized spacial score (nSPS) is 10.4. The molecule has 0 radical (unpaired) electrons. The molecule has 0 fully saturated rings. The van der Waals surface area contributed by atoms with Gasteiger partial charge in [-0.3, -0.25) is 10.1 Å². The van der Waals surface area contributed by atoms with Gasteiger partial charge in [-0.25, -0.2) is 9.48 Å². The Bertz CT molecular complexity index is 967. The van der Waals surface area contributed by atoms with Gasteiger partial charge < -0.3 is 9.84 Å². The Hall–Kier alpha value is -3.75.